The first-order chi connectivity index (χ1) is 9.26. The minimum absolute atomic E-state index is 0.0427. The van der Waals surface area contributed by atoms with E-state index in [2.05, 4.69) is 15.6 Å². The molecule has 3 rings (SSSR count). The Bertz CT molecular complexity index is 605. The van der Waals surface area contributed by atoms with Crippen molar-refractivity contribution >= 4 is 44.9 Å². The highest BCUT2D eigenvalue weighted by Crippen LogP contribution is 2.30. The largest absolute Gasteiger partial charge is 0.325 e. The molecule has 2 N–H and O–H groups in total. The molecule has 1 saturated heterocycles. The summed E-state index contributed by atoms with van der Waals surface area (Å²) in [6.07, 6.45) is 4.01. The van der Waals surface area contributed by atoms with Gasteiger partial charge in [0.15, 0.2) is 4.34 Å². The summed E-state index contributed by atoms with van der Waals surface area (Å²) in [6.45, 7) is 0.934. The van der Waals surface area contributed by atoms with E-state index in [1.54, 1.807) is 23.1 Å². The van der Waals surface area contributed by atoms with E-state index in [4.69, 9.17) is 0 Å². The molecule has 1 unspecified atom stereocenters. The van der Waals surface area contributed by atoms with Crippen molar-refractivity contribution in [1.82, 2.24) is 10.3 Å². The molecule has 19 heavy (non-hydrogen) atoms. The number of carbonyl (C=O) groups excluding carboxylic acids is 1. The van der Waals surface area contributed by atoms with E-state index in [0.29, 0.717) is 0 Å². The molecule has 100 valence electrons. The number of fused-ring (bicyclic) bond motifs is 1. The van der Waals surface area contributed by atoms with Crippen LogP contribution >= 0.6 is 23.1 Å². The summed E-state index contributed by atoms with van der Waals surface area (Å²) < 4.78 is 2.16. The Hall–Kier alpha value is -1.11. The second-order valence-electron chi connectivity index (χ2n) is 4.50. The fourth-order valence-electron chi connectivity index (χ4n) is 2.21. The van der Waals surface area contributed by atoms with Crippen LogP contribution in [0.3, 0.4) is 0 Å². The smallest absolute Gasteiger partial charge is 0.241 e. The molecule has 6 heteroatoms. The van der Waals surface area contributed by atoms with Crippen LogP contribution in [0.5, 0.6) is 0 Å². The highest BCUT2D eigenvalue weighted by atomic mass is 32.2. The number of thiazole rings is 1. The maximum atomic E-state index is 12.0. The van der Waals surface area contributed by atoms with Crippen LogP contribution < -0.4 is 10.6 Å². The molecule has 1 aliphatic rings. The van der Waals surface area contributed by atoms with Crippen LogP contribution in [-0.2, 0) is 4.79 Å². The molecule has 1 aromatic carbocycles. The summed E-state index contributed by atoms with van der Waals surface area (Å²) in [4.78, 5) is 16.5. The molecule has 1 atom stereocenters. The molecule has 0 saturated carbocycles. The summed E-state index contributed by atoms with van der Waals surface area (Å²) >= 11 is 3.30. The molecule has 1 aliphatic heterocycles. The minimum atomic E-state index is -0.0427. The Morgan fingerprint density at radius 1 is 1.58 bits per heavy atom. The van der Waals surface area contributed by atoms with E-state index in [-0.39, 0.29) is 11.9 Å². The zero-order valence-electron chi connectivity index (χ0n) is 10.6. The van der Waals surface area contributed by atoms with Crippen molar-refractivity contribution in [3.05, 3.63) is 18.2 Å². The molecule has 2 aromatic rings. The Labute approximate surface area is 120 Å². The Balaban J connectivity index is 1.78. The number of carbonyl (C=O) groups is 1. The normalized spacial score (nSPS) is 18.9. The molecule has 1 aromatic heterocycles. The number of anilines is 1. The van der Waals surface area contributed by atoms with E-state index in [9.17, 15) is 4.79 Å². The number of nitrogens with zero attached hydrogens (tertiary/aromatic N) is 1. The zero-order chi connectivity index (χ0) is 13.2. The van der Waals surface area contributed by atoms with Gasteiger partial charge < -0.3 is 10.6 Å². The number of hydrogen-bond donors (Lipinski definition) is 2. The molecule has 0 spiro atoms. The number of benzene rings is 1. The van der Waals surface area contributed by atoms with Crippen molar-refractivity contribution in [2.24, 2.45) is 0 Å². The lowest BCUT2D eigenvalue weighted by atomic mass is 10.2. The van der Waals surface area contributed by atoms with Crippen LogP contribution in [0.25, 0.3) is 10.2 Å². The van der Waals surface area contributed by atoms with Gasteiger partial charge in [0.1, 0.15) is 0 Å². The van der Waals surface area contributed by atoms with Crippen LogP contribution in [0.1, 0.15) is 12.8 Å². The number of aromatic nitrogens is 1. The summed E-state index contributed by atoms with van der Waals surface area (Å²) in [5.41, 5.74) is 1.84. The van der Waals surface area contributed by atoms with Crippen molar-refractivity contribution in [2.75, 3.05) is 18.1 Å². The second-order valence-corrected chi connectivity index (χ2v) is 6.59. The van der Waals surface area contributed by atoms with E-state index in [1.165, 1.54) is 0 Å². The minimum Gasteiger partial charge on any atom is -0.325 e. The van der Waals surface area contributed by atoms with Crippen LogP contribution in [0.2, 0.25) is 0 Å². The number of rotatable bonds is 3. The molecular formula is C13H15N3OS2. The highest BCUT2D eigenvalue weighted by molar-refractivity contribution is 8.00. The number of nitrogens with one attached hydrogen (secondary N) is 2. The summed E-state index contributed by atoms with van der Waals surface area (Å²) in [7, 11) is 0. The molecule has 0 aliphatic carbocycles. The van der Waals surface area contributed by atoms with Gasteiger partial charge >= 0.3 is 0 Å². The summed E-state index contributed by atoms with van der Waals surface area (Å²) in [5.74, 6) is 0.0615. The van der Waals surface area contributed by atoms with Crippen molar-refractivity contribution in [1.29, 1.82) is 0 Å². The van der Waals surface area contributed by atoms with Gasteiger partial charge in [0.05, 0.1) is 16.3 Å². The van der Waals surface area contributed by atoms with Crippen LogP contribution in [0.4, 0.5) is 5.69 Å². The monoisotopic (exact) mass is 293 g/mol. The first kappa shape index (κ1) is 12.9. The molecule has 1 amide bonds. The third-order valence-corrected chi connectivity index (χ3v) is 5.19. The van der Waals surface area contributed by atoms with Gasteiger partial charge in [0.2, 0.25) is 5.91 Å². The Morgan fingerprint density at radius 3 is 3.21 bits per heavy atom. The van der Waals surface area contributed by atoms with Crippen molar-refractivity contribution in [2.45, 2.75) is 23.2 Å². The first-order valence-electron chi connectivity index (χ1n) is 6.25. The topological polar surface area (TPSA) is 54.0 Å². The average molecular weight is 293 g/mol. The maximum Gasteiger partial charge on any atom is 0.241 e. The quantitative estimate of drug-likeness (QED) is 0.854. The van der Waals surface area contributed by atoms with Crippen molar-refractivity contribution in [3.8, 4) is 0 Å². The van der Waals surface area contributed by atoms with Gasteiger partial charge in [-0.2, -0.15) is 0 Å². The van der Waals surface area contributed by atoms with E-state index in [0.717, 1.165) is 39.6 Å². The second kappa shape index (κ2) is 5.48. The average Bonchev–Trinajstić information content (AvgIpc) is 3.07. The van der Waals surface area contributed by atoms with Crippen LogP contribution in [-0.4, -0.2) is 29.7 Å². The van der Waals surface area contributed by atoms with Gasteiger partial charge in [-0.1, -0.05) is 11.8 Å². The number of hydrogen-bond acceptors (Lipinski definition) is 5. The van der Waals surface area contributed by atoms with Gasteiger partial charge in [-0.15, -0.1) is 11.3 Å². The predicted molar refractivity (Wildman–Crippen MR) is 81.1 cm³/mol. The highest BCUT2D eigenvalue weighted by Gasteiger charge is 2.21. The summed E-state index contributed by atoms with van der Waals surface area (Å²) in [6, 6.07) is 5.83. The third kappa shape index (κ3) is 2.75. The maximum absolute atomic E-state index is 12.0. The predicted octanol–water partition coefficient (Wildman–Crippen LogP) is 2.71. The van der Waals surface area contributed by atoms with Gasteiger partial charge in [-0.25, -0.2) is 4.98 Å². The van der Waals surface area contributed by atoms with Gasteiger partial charge in [-0.3, -0.25) is 4.79 Å². The standard InChI is InChI=1S/C13H15N3OS2/c1-18-13-16-9-5-4-8(7-11(9)19-13)15-12(17)10-3-2-6-14-10/h4-5,7,10,14H,2-3,6H2,1H3,(H,15,17). The molecule has 0 bridgehead atoms. The lowest BCUT2D eigenvalue weighted by Crippen LogP contribution is -2.35. The third-order valence-electron chi connectivity index (χ3n) is 3.19. The van der Waals surface area contributed by atoms with Crippen LogP contribution in [0, 0.1) is 0 Å². The molecular weight excluding hydrogens is 278 g/mol. The van der Waals surface area contributed by atoms with Gasteiger partial charge in [-0.05, 0) is 43.8 Å². The number of amides is 1. The van der Waals surface area contributed by atoms with Crippen molar-refractivity contribution < 1.29 is 4.79 Å². The Kier molecular flexibility index (Phi) is 3.72. The van der Waals surface area contributed by atoms with Crippen molar-refractivity contribution in [3.63, 3.8) is 0 Å². The SMILES string of the molecule is CSc1nc2ccc(NC(=O)C3CCCN3)cc2s1. The van der Waals surface area contributed by atoms with E-state index >= 15 is 0 Å². The Morgan fingerprint density at radius 2 is 2.47 bits per heavy atom. The van der Waals surface area contributed by atoms with Crippen LogP contribution in [0.15, 0.2) is 22.5 Å². The lowest BCUT2D eigenvalue weighted by Gasteiger charge is -2.10. The fourth-order valence-corrected chi connectivity index (χ4v) is 3.73. The molecule has 4 nitrogen and oxygen atoms in total. The zero-order valence-corrected chi connectivity index (χ0v) is 12.2. The summed E-state index contributed by atoms with van der Waals surface area (Å²) in [5, 5.41) is 6.18. The van der Waals surface area contributed by atoms with E-state index in [1.807, 2.05) is 24.5 Å². The lowest BCUT2D eigenvalue weighted by molar-refractivity contribution is -0.117. The molecule has 1 fully saturated rings. The van der Waals surface area contributed by atoms with Gasteiger partial charge in [0.25, 0.3) is 0 Å². The van der Waals surface area contributed by atoms with E-state index < -0.39 is 0 Å². The fraction of sp³-hybridized carbons (Fsp3) is 0.385. The first-order valence-corrected chi connectivity index (χ1v) is 8.29. The molecule has 2 heterocycles. The molecule has 0 radical (unpaired) electrons. The number of thioether (sulfide) groups is 1. The van der Waals surface area contributed by atoms with Gasteiger partial charge in [0, 0.05) is 5.69 Å².